The highest BCUT2D eigenvalue weighted by Crippen LogP contribution is 1.65. The van der Waals surface area contributed by atoms with Crippen LogP contribution in [0.4, 0.5) is 0 Å². The third-order valence-corrected chi connectivity index (χ3v) is 0.473. The van der Waals surface area contributed by atoms with Crippen LogP contribution in [0.5, 0.6) is 0 Å². The first-order valence-corrected chi connectivity index (χ1v) is 1.97. The lowest BCUT2D eigenvalue weighted by molar-refractivity contribution is 0.878. The van der Waals surface area contributed by atoms with Crippen molar-refractivity contribution in [3.63, 3.8) is 0 Å². The zero-order valence-corrected chi connectivity index (χ0v) is 3.94. The highest BCUT2D eigenvalue weighted by atomic mass is 14.8. The Balaban J connectivity index is 2.77. The predicted molar refractivity (Wildman–Crippen MR) is 27.1 cm³/mol. The number of rotatable bonds is 2. The molecule has 0 aliphatic rings. The van der Waals surface area contributed by atoms with Crippen molar-refractivity contribution in [2.45, 2.75) is 6.42 Å². The third-order valence-electron chi connectivity index (χ3n) is 0.473. The molecule has 0 saturated heterocycles. The molecule has 0 unspecified atom stereocenters. The van der Waals surface area contributed by atoms with E-state index in [1.165, 1.54) is 0 Å². The molecule has 0 saturated carbocycles. The van der Waals surface area contributed by atoms with Crippen molar-refractivity contribution < 1.29 is 0 Å². The maximum atomic E-state index is 7.86. The Bertz CT molecular complexity index is 90.2. The third kappa shape index (κ3) is 4.85. The molecule has 2 nitrogen and oxygen atoms in total. The number of terminal acetylenes is 1. The molecule has 0 aromatic heterocycles. The van der Waals surface area contributed by atoms with Crippen molar-refractivity contribution in [1.29, 1.82) is 5.26 Å². The Hall–Kier alpha value is -1.15. The normalized spacial score (nSPS) is 6.00. The van der Waals surface area contributed by atoms with E-state index in [2.05, 4.69) is 11.2 Å². The summed E-state index contributed by atoms with van der Waals surface area (Å²) in [5.74, 6) is 2.39. The summed E-state index contributed by atoms with van der Waals surface area (Å²) in [6.45, 7) is 0.590. The molecule has 0 aromatic rings. The van der Waals surface area contributed by atoms with Crippen molar-refractivity contribution in [3.05, 3.63) is 0 Å². The van der Waals surface area contributed by atoms with Gasteiger partial charge in [-0.1, -0.05) is 0 Å². The van der Waals surface area contributed by atoms with E-state index in [1.54, 1.807) is 6.19 Å². The predicted octanol–water partition coefficient (Wildman–Crippen LogP) is 0.0804. The standard InChI is InChI=1S/C5H6N2/c1-2-3-4-7-5-6/h1,7H,3-4H2. The molecule has 0 amide bonds. The first kappa shape index (κ1) is 5.85. The van der Waals surface area contributed by atoms with Gasteiger partial charge in [-0.25, -0.2) is 0 Å². The fourth-order valence-corrected chi connectivity index (χ4v) is 0.191. The van der Waals surface area contributed by atoms with Crippen molar-refractivity contribution in [3.8, 4) is 18.5 Å². The van der Waals surface area contributed by atoms with Gasteiger partial charge < -0.3 is 5.32 Å². The van der Waals surface area contributed by atoms with Crippen LogP contribution in [0, 0.1) is 23.8 Å². The summed E-state index contributed by atoms with van der Waals surface area (Å²) < 4.78 is 0. The van der Waals surface area contributed by atoms with Gasteiger partial charge in [0.05, 0.1) is 0 Å². The Morgan fingerprint density at radius 2 is 2.43 bits per heavy atom. The SMILES string of the molecule is C#CCCNC#N. The summed E-state index contributed by atoms with van der Waals surface area (Å²) in [6, 6.07) is 0. The maximum Gasteiger partial charge on any atom is 0.176 e. The Labute approximate surface area is 43.1 Å². The lowest BCUT2D eigenvalue weighted by Crippen LogP contribution is -2.05. The van der Waals surface area contributed by atoms with Gasteiger partial charge in [-0.05, 0) is 0 Å². The van der Waals surface area contributed by atoms with E-state index < -0.39 is 0 Å². The smallest absolute Gasteiger partial charge is 0.176 e. The van der Waals surface area contributed by atoms with E-state index in [4.69, 9.17) is 11.7 Å². The molecular formula is C5H6N2. The Morgan fingerprint density at radius 3 is 2.86 bits per heavy atom. The summed E-state index contributed by atoms with van der Waals surface area (Å²) in [5, 5.41) is 10.3. The highest BCUT2D eigenvalue weighted by molar-refractivity contribution is 4.85. The topological polar surface area (TPSA) is 35.8 Å². The van der Waals surface area contributed by atoms with Crippen LogP contribution in [-0.2, 0) is 0 Å². The minimum absolute atomic E-state index is 0.590. The molecule has 0 bridgehead atoms. The Kier molecular flexibility index (Phi) is 4.05. The molecule has 0 radical (unpaired) electrons. The van der Waals surface area contributed by atoms with Crippen LogP contribution in [0.2, 0.25) is 0 Å². The molecule has 0 aromatic carbocycles. The van der Waals surface area contributed by atoms with Crippen LogP contribution in [0.25, 0.3) is 0 Å². The van der Waals surface area contributed by atoms with Gasteiger partial charge in [-0.2, -0.15) is 5.26 Å². The molecule has 0 atom stereocenters. The maximum absolute atomic E-state index is 7.86. The molecule has 0 aliphatic heterocycles. The fraction of sp³-hybridized carbons (Fsp3) is 0.400. The lowest BCUT2D eigenvalue weighted by atomic mass is 10.4. The second-order valence-corrected chi connectivity index (χ2v) is 0.993. The highest BCUT2D eigenvalue weighted by Gasteiger charge is 1.72. The average molecular weight is 94.1 g/mol. The van der Waals surface area contributed by atoms with Crippen molar-refractivity contribution >= 4 is 0 Å². The minimum Gasteiger partial charge on any atom is -0.323 e. The molecule has 0 rings (SSSR count). The zero-order chi connectivity index (χ0) is 5.54. The molecule has 2 heteroatoms. The van der Waals surface area contributed by atoms with E-state index >= 15 is 0 Å². The molecule has 7 heavy (non-hydrogen) atoms. The summed E-state index contributed by atoms with van der Waals surface area (Å²) in [6.07, 6.45) is 7.25. The van der Waals surface area contributed by atoms with E-state index in [0.29, 0.717) is 13.0 Å². The van der Waals surface area contributed by atoms with Gasteiger partial charge in [0.25, 0.3) is 0 Å². The molecule has 1 N–H and O–H groups in total. The van der Waals surface area contributed by atoms with Gasteiger partial charge in [0.2, 0.25) is 0 Å². The second-order valence-electron chi connectivity index (χ2n) is 0.993. The largest absolute Gasteiger partial charge is 0.323 e. The number of nitriles is 1. The van der Waals surface area contributed by atoms with Crippen molar-refractivity contribution in [1.82, 2.24) is 5.32 Å². The van der Waals surface area contributed by atoms with Crippen LogP contribution in [0.1, 0.15) is 6.42 Å². The summed E-state index contributed by atoms with van der Waals surface area (Å²) in [7, 11) is 0. The molecule has 36 valence electrons. The van der Waals surface area contributed by atoms with E-state index in [0.717, 1.165) is 0 Å². The van der Waals surface area contributed by atoms with Crippen LogP contribution in [0.3, 0.4) is 0 Å². The summed E-state index contributed by atoms with van der Waals surface area (Å²) in [5.41, 5.74) is 0. The van der Waals surface area contributed by atoms with Gasteiger partial charge >= 0.3 is 0 Å². The van der Waals surface area contributed by atoms with Crippen LogP contribution < -0.4 is 5.32 Å². The average Bonchev–Trinajstić information content (AvgIpc) is 1.69. The van der Waals surface area contributed by atoms with Crippen molar-refractivity contribution in [2.24, 2.45) is 0 Å². The molecule has 0 heterocycles. The van der Waals surface area contributed by atoms with E-state index in [9.17, 15) is 0 Å². The summed E-state index contributed by atoms with van der Waals surface area (Å²) >= 11 is 0. The van der Waals surface area contributed by atoms with Gasteiger partial charge in [-0.15, -0.1) is 12.3 Å². The number of nitrogens with zero attached hydrogens (tertiary/aromatic N) is 1. The molecule has 0 fully saturated rings. The fourth-order valence-electron chi connectivity index (χ4n) is 0.191. The minimum atomic E-state index is 0.590. The van der Waals surface area contributed by atoms with Crippen LogP contribution in [-0.4, -0.2) is 6.54 Å². The molecular weight excluding hydrogens is 88.1 g/mol. The molecule has 0 spiro atoms. The van der Waals surface area contributed by atoms with Gasteiger partial charge in [0.1, 0.15) is 0 Å². The van der Waals surface area contributed by atoms with Gasteiger partial charge in [0.15, 0.2) is 6.19 Å². The lowest BCUT2D eigenvalue weighted by Gasteiger charge is -1.83. The van der Waals surface area contributed by atoms with E-state index in [-0.39, 0.29) is 0 Å². The number of hydrogen-bond donors (Lipinski definition) is 1. The second kappa shape index (κ2) is 4.85. The number of hydrogen-bond acceptors (Lipinski definition) is 2. The van der Waals surface area contributed by atoms with Crippen LogP contribution >= 0.6 is 0 Å². The van der Waals surface area contributed by atoms with Crippen molar-refractivity contribution in [2.75, 3.05) is 6.54 Å². The molecule has 0 aliphatic carbocycles. The zero-order valence-electron chi connectivity index (χ0n) is 3.94. The van der Waals surface area contributed by atoms with Gasteiger partial charge in [-0.3, -0.25) is 0 Å². The first-order chi connectivity index (χ1) is 3.41. The van der Waals surface area contributed by atoms with Crippen LogP contribution in [0.15, 0.2) is 0 Å². The summed E-state index contributed by atoms with van der Waals surface area (Å²) in [4.78, 5) is 0. The van der Waals surface area contributed by atoms with Gasteiger partial charge in [0, 0.05) is 13.0 Å². The van der Waals surface area contributed by atoms with E-state index in [1.807, 2.05) is 0 Å². The monoisotopic (exact) mass is 94.1 g/mol. The Morgan fingerprint density at radius 1 is 1.71 bits per heavy atom. The number of nitrogens with one attached hydrogen (secondary N) is 1. The quantitative estimate of drug-likeness (QED) is 0.228. The first-order valence-electron chi connectivity index (χ1n) is 1.97.